The van der Waals surface area contributed by atoms with Gasteiger partial charge in [-0.1, -0.05) is 12.1 Å². The summed E-state index contributed by atoms with van der Waals surface area (Å²) in [4.78, 5) is 5.21. The molecule has 6 heteroatoms. The minimum atomic E-state index is -4.30. The molecule has 0 saturated carbocycles. The van der Waals surface area contributed by atoms with Crippen molar-refractivity contribution in [2.75, 3.05) is 6.54 Å². The number of alkyl halides is 3. The van der Waals surface area contributed by atoms with E-state index in [1.807, 2.05) is 0 Å². The van der Waals surface area contributed by atoms with Gasteiger partial charge in [-0.2, -0.15) is 13.2 Å². The van der Waals surface area contributed by atoms with Gasteiger partial charge in [-0.05, 0) is 25.1 Å². The Hall–Kier alpha value is -1.40. The van der Waals surface area contributed by atoms with Crippen LogP contribution < -0.4 is 5.73 Å². The molecule has 2 rings (SSSR count). The van der Waals surface area contributed by atoms with Crippen molar-refractivity contribution in [3.63, 3.8) is 0 Å². The van der Waals surface area contributed by atoms with Gasteiger partial charge in [0.1, 0.15) is 5.01 Å². The predicted molar refractivity (Wildman–Crippen MR) is 65.3 cm³/mol. The maximum Gasteiger partial charge on any atom is 0.416 e. The average molecular weight is 272 g/mol. The van der Waals surface area contributed by atoms with E-state index >= 15 is 0 Å². The van der Waals surface area contributed by atoms with E-state index in [4.69, 9.17) is 5.73 Å². The van der Waals surface area contributed by atoms with E-state index in [1.54, 1.807) is 6.20 Å². The van der Waals surface area contributed by atoms with Gasteiger partial charge in [0.2, 0.25) is 0 Å². The molecule has 0 aliphatic heterocycles. The Labute approximate surface area is 106 Å². The topological polar surface area (TPSA) is 38.9 Å². The molecular formula is C12H11F3N2S. The molecule has 1 heterocycles. The van der Waals surface area contributed by atoms with Gasteiger partial charge in [0.25, 0.3) is 0 Å². The van der Waals surface area contributed by atoms with Gasteiger partial charge in [-0.3, -0.25) is 0 Å². The molecule has 0 aliphatic carbocycles. The number of nitrogens with zero attached hydrogens (tertiary/aromatic N) is 1. The second-order valence-corrected chi connectivity index (χ2v) is 4.86. The van der Waals surface area contributed by atoms with Crippen molar-refractivity contribution < 1.29 is 13.2 Å². The molecule has 0 bridgehead atoms. The lowest BCUT2D eigenvalue weighted by molar-refractivity contribution is -0.137. The van der Waals surface area contributed by atoms with Gasteiger partial charge in [-0.25, -0.2) is 4.98 Å². The second kappa shape index (κ2) is 5.07. The second-order valence-electron chi connectivity index (χ2n) is 3.75. The van der Waals surface area contributed by atoms with Crippen molar-refractivity contribution in [1.29, 1.82) is 0 Å². The van der Waals surface area contributed by atoms with Crippen LogP contribution in [-0.2, 0) is 12.6 Å². The molecular weight excluding hydrogens is 261 g/mol. The molecule has 0 radical (unpaired) electrons. The van der Waals surface area contributed by atoms with E-state index in [2.05, 4.69) is 4.98 Å². The minimum Gasteiger partial charge on any atom is -0.330 e. The summed E-state index contributed by atoms with van der Waals surface area (Å²) in [6.07, 6.45) is -1.85. The third kappa shape index (κ3) is 2.88. The Kier molecular flexibility index (Phi) is 3.68. The first-order valence-electron chi connectivity index (χ1n) is 5.33. The molecule has 2 N–H and O–H groups in total. The van der Waals surface area contributed by atoms with Crippen molar-refractivity contribution in [3.8, 4) is 10.6 Å². The highest BCUT2D eigenvalue weighted by molar-refractivity contribution is 7.15. The summed E-state index contributed by atoms with van der Waals surface area (Å²) in [5.74, 6) is 0. The third-order valence-corrected chi connectivity index (χ3v) is 3.51. The first-order chi connectivity index (χ1) is 8.50. The van der Waals surface area contributed by atoms with Crippen LogP contribution in [0.3, 0.4) is 0 Å². The zero-order valence-electron chi connectivity index (χ0n) is 9.37. The van der Waals surface area contributed by atoms with Crippen LogP contribution in [0.4, 0.5) is 13.2 Å². The van der Waals surface area contributed by atoms with Crippen molar-refractivity contribution in [2.45, 2.75) is 12.6 Å². The standard InChI is InChI=1S/C12H11F3N2S/c13-12(14,15)9-3-1-8(2-4-9)11-17-7-10(18-11)5-6-16/h1-4,7H,5-6,16H2. The fourth-order valence-corrected chi connectivity index (χ4v) is 2.43. The summed E-state index contributed by atoms with van der Waals surface area (Å²) in [7, 11) is 0. The van der Waals surface area contributed by atoms with Crippen LogP contribution in [0.15, 0.2) is 30.5 Å². The van der Waals surface area contributed by atoms with Crippen LogP contribution in [0.5, 0.6) is 0 Å². The summed E-state index contributed by atoms with van der Waals surface area (Å²) >= 11 is 1.45. The Morgan fingerprint density at radius 2 is 1.83 bits per heavy atom. The highest BCUT2D eigenvalue weighted by Gasteiger charge is 2.30. The van der Waals surface area contributed by atoms with Crippen molar-refractivity contribution in [3.05, 3.63) is 40.9 Å². The van der Waals surface area contributed by atoms with Crippen LogP contribution in [0.2, 0.25) is 0 Å². The van der Waals surface area contributed by atoms with E-state index in [-0.39, 0.29) is 0 Å². The van der Waals surface area contributed by atoms with Crippen LogP contribution in [-0.4, -0.2) is 11.5 Å². The number of aromatic nitrogens is 1. The van der Waals surface area contributed by atoms with Crippen LogP contribution >= 0.6 is 11.3 Å². The van der Waals surface area contributed by atoms with E-state index in [0.717, 1.165) is 23.4 Å². The minimum absolute atomic E-state index is 0.536. The Morgan fingerprint density at radius 3 is 2.39 bits per heavy atom. The van der Waals surface area contributed by atoms with E-state index < -0.39 is 11.7 Å². The van der Waals surface area contributed by atoms with Crippen molar-refractivity contribution in [2.24, 2.45) is 5.73 Å². The normalized spacial score (nSPS) is 11.8. The summed E-state index contributed by atoms with van der Waals surface area (Å²) < 4.78 is 37.2. The zero-order chi connectivity index (χ0) is 13.2. The fraction of sp³-hybridized carbons (Fsp3) is 0.250. The number of benzene rings is 1. The quantitative estimate of drug-likeness (QED) is 0.930. The van der Waals surface area contributed by atoms with Crippen LogP contribution in [0, 0.1) is 0 Å². The van der Waals surface area contributed by atoms with Gasteiger partial charge in [0, 0.05) is 16.6 Å². The maximum absolute atomic E-state index is 12.4. The molecule has 1 aromatic carbocycles. The molecule has 18 heavy (non-hydrogen) atoms. The number of rotatable bonds is 3. The molecule has 0 saturated heterocycles. The number of halogens is 3. The fourth-order valence-electron chi connectivity index (χ4n) is 1.50. The Balaban J connectivity index is 2.23. The molecule has 0 aliphatic rings. The molecule has 0 spiro atoms. The lowest BCUT2D eigenvalue weighted by Crippen LogP contribution is -2.03. The molecule has 1 aromatic heterocycles. The highest BCUT2D eigenvalue weighted by Crippen LogP contribution is 2.32. The largest absolute Gasteiger partial charge is 0.416 e. The Bertz CT molecular complexity index is 517. The molecule has 0 unspecified atom stereocenters. The number of thiazole rings is 1. The van der Waals surface area contributed by atoms with Crippen molar-refractivity contribution >= 4 is 11.3 Å². The summed E-state index contributed by atoms with van der Waals surface area (Å²) in [5, 5.41) is 0.715. The molecule has 96 valence electrons. The van der Waals surface area contributed by atoms with Crippen LogP contribution in [0.25, 0.3) is 10.6 Å². The third-order valence-electron chi connectivity index (χ3n) is 2.40. The number of hydrogen-bond donors (Lipinski definition) is 1. The van der Waals surface area contributed by atoms with Crippen molar-refractivity contribution in [1.82, 2.24) is 4.98 Å². The lowest BCUT2D eigenvalue weighted by atomic mass is 10.1. The number of nitrogens with two attached hydrogens (primary N) is 1. The van der Waals surface area contributed by atoms with Gasteiger partial charge in [0.05, 0.1) is 5.56 Å². The highest BCUT2D eigenvalue weighted by atomic mass is 32.1. The summed E-state index contributed by atoms with van der Waals surface area (Å²) in [6, 6.07) is 5.01. The lowest BCUT2D eigenvalue weighted by Gasteiger charge is -2.06. The van der Waals surface area contributed by atoms with Crippen LogP contribution in [0.1, 0.15) is 10.4 Å². The summed E-state index contributed by atoms with van der Waals surface area (Å²) in [6.45, 7) is 0.536. The van der Waals surface area contributed by atoms with Gasteiger partial charge >= 0.3 is 6.18 Å². The van der Waals surface area contributed by atoms with E-state index in [9.17, 15) is 13.2 Å². The van der Waals surface area contributed by atoms with Gasteiger partial charge in [0.15, 0.2) is 0 Å². The average Bonchev–Trinajstić information content (AvgIpc) is 2.77. The molecule has 0 fully saturated rings. The SMILES string of the molecule is NCCc1cnc(-c2ccc(C(F)(F)F)cc2)s1. The monoisotopic (exact) mass is 272 g/mol. The first-order valence-corrected chi connectivity index (χ1v) is 6.15. The van der Waals surface area contributed by atoms with Gasteiger partial charge < -0.3 is 5.73 Å². The molecule has 2 nitrogen and oxygen atoms in total. The molecule has 0 atom stereocenters. The van der Waals surface area contributed by atoms with E-state index in [1.165, 1.54) is 23.5 Å². The Morgan fingerprint density at radius 1 is 1.17 bits per heavy atom. The number of hydrogen-bond acceptors (Lipinski definition) is 3. The molecule has 2 aromatic rings. The molecule has 0 amide bonds. The predicted octanol–water partition coefficient (Wildman–Crippen LogP) is 3.33. The zero-order valence-corrected chi connectivity index (χ0v) is 10.2. The first kappa shape index (κ1) is 13.0. The van der Waals surface area contributed by atoms with E-state index in [0.29, 0.717) is 17.1 Å². The summed E-state index contributed by atoms with van der Waals surface area (Å²) in [5.41, 5.74) is 5.47. The smallest absolute Gasteiger partial charge is 0.330 e. The van der Waals surface area contributed by atoms with Gasteiger partial charge in [-0.15, -0.1) is 11.3 Å². The maximum atomic E-state index is 12.4.